The highest BCUT2D eigenvalue weighted by Gasteiger charge is 2.16. The molecule has 1 aromatic heterocycles. The summed E-state index contributed by atoms with van der Waals surface area (Å²) in [5.74, 6) is -0.323. The van der Waals surface area contributed by atoms with Crippen LogP contribution in [0, 0.1) is 25.2 Å². The van der Waals surface area contributed by atoms with Crippen LogP contribution in [0.15, 0.2) is 28.2 Å². The predicted molar refractivity (Wildman–Crippen MR) is 88.3 cm³/mol. The average Bonchev–Trinajstić information content (AvgIpc) is 2.86. The fourth-order valence-electron chi connectivity index (χ4n) is 2.09. The van der Waals surface area contributed by atoms with Crippen molar-refractivity contribution in [3.8, 4) is 17.6 Å². The summed E-state index contributed by atoms with van der Waals surface area (Å²) in [6.07, 6.45) is 1.42. The van der Waals surface area contributed by atoms with Crippen LogP contribution in [-0.4, -0.2) is 27.9 Å². The van der Waals surface area contributed by atoms with Gasteiger partial charge in [0.1, 0.15) is 11.6 Å². The molecule has 0 fully saturated rings. The summed E-state index contributed by atoms with van der Waals surface area (Å²) in [7, 11) is 1.42. The number of methoxy groups -OCH3 is 1. The first-order valence-electron chi connectivity index (χ1n) is 6.63. The molecule has 0 aliphatic carbocycles. The molecule has 23 heavy (non-hydrogen) atoms. The molecule has 0 saturated carbocycles. The van der Waals surface area contributed by atoms with E-state index in [0.29, 0.717) is 21.4 Å². The van der Waals surface area contributed by atoms with Crippen LogP contribution >= 0.6 is 15.9 Å². The minimum Gasteiger partial charge on any atom is -0.503 e. The number of hydrogen-bond acceptors (Lipinski definition) is 5. The maximum atomic E-state index is 12.4. The minimum absolute atomic E-state index is 0.0481. The van der Waals surface area contributed by atoms with E-state index in [1.807, 2.05) is 6.07 Å². The van der Waals surface area contributed by atoms with Gasteiger partial charge >= 0.3 is 0 Å². The van der Waals surface area contributed by atoms with Gasteiger partial charge in [0, 0.05) is 5.69 Å². The zero-order chi connectivity index (χ0) is 17.1. The monoisotopic (exact) mass is 375 g/mol. The van der Waals surface area contributed by atoms with E-state index in [0.717, 1.165) is 0 Å². The van der Waals surface area contributed by atoms with Gasteiger partial charge < -0.3 is 9.84 Å². The number of nitrogens with zero attached hydrogens (tertiary/aromatic N) is 3. The number of ether oxygens (including phenoxy) is 1. The van der Waals surface area contributed by atoms with Gasteiger partial charge in [0.15, 0.2) is 11.5 Å². The fraction of sp³-hybridized carbons (Fsp3) is 0.188. The predicted octanol–water partition coefficient (Wildman–Crippen LogP) is 3.22. The first-order valence-corrected chi connectivity index (χ1v) is 7.43. The smallest absolute Gasteiger partial charge is 0.289 e. The molecule has 1 N–H and O–H groups in total. The van der Waals surface area contributed by atoms with E-state index in [1.54, 1.807) is 26.0 Å². The Kier molecular flexibility index (Phi) is 4.86. The van der Waals surface area contributed by atoms with Crippen LogP contribution in [0.5, 0.6) is 11.5 Å². The molecule has 0 aliphatic rings. The van der Waals surface area contributed by atoms with Crippen molar-refractivity contribution in [2.24, 2.45) is 0 Å². The number of nitriles is 1. The Morgan fingerprint density at radius 1 is 1.43 bits per heavy atom. The number of phenolic OH excluding ortho intramolecular Hbond substituents is 1. The Bertz CT molecular complexity index is 847. The topological polar surface area (TPSA) is 88.1 Å². The molecule has 0 atom stereocenters. The molecule has 0 amide bonds. The lowest BCUT2D eigenvalue weighted by Crippen LogP contribution is -2.15. The van der Waals surface area contributed by atoms with Crippen LogP contribution in [-0.2, 0) is 0 Å². The number of hydrogen-bond donors (Lipinski definition) is 1. The summed E-state index contributed by atoms with van der Waals surface area (Å²) in [6.45, 7) is 3.52. The summed E-state index contributed by atoms with van der Waals surface area (Å²) in [6, 6.07) is 6.77. The van der Waals surface area contributed by atoms with E-state index in [1.165, 1.54) is 23.9 Å². The molecule has 0 saturated heterocycles. The summed E-state index contributed by atoms with van der Waals surface area (Å²) in [5.41, 5.74) is 1.81. The number of carbonyl (C=O) groups is 1. The van der Waals surface area contributed by atoms with E-state index in [-0.39, 0.29) is 17.1 Å². The third-order valence-electron chi connectivity index (χ3n) is 3.13. The van der Waals surface area contributed by atoms with E-state index in [9.17, 15) is 15.2 Å². The molecular formula is C16H14BrN3O3. The summed E-state index contributed by atoms with van der Waals surface area (Å²) < 4.78 is 6.65. The Labute approximate surface area is 141 Å². The highest BCUT2D eigenvalue weighted by molar-refractivity contribution is 9.10. The van der Waals surface area contributed by atoms with Gasteiger partial charge in [-0.25, -0.2) is 4.68 Å². The van der Waals surface area contributed by atoms with E-state index >= 15 is 0 Å². The molecule has 0 spiro atoms. The van der Waals surface area contributed by atoms with Crippen molar-refractivity contribution in [3.63, 3.8) is 0 Å². The number of rotatable bonds is 3. The average molecular weight is 376 g/mol. The second kappa shape index (κ2) is 6.67. The van der Waals surface area contributed by atoms with Gasteiger partial charge in [-0.15, -0.1) is 0 Å². The van der Waals surface area contributed by atoms with Crippen molar-refractivity contribution in [1.29, 1.82) is 5.26 Å². The highest BCUT2D eigenvalue weighted by atomic mass is 79.9. The Balaban J connectivity index is 2.47. The van der Waals surface area contributed by atoms with Gasteiger partial charge in [0.25, 0.3) is 5.91 Å². The standard InChI is InChI=1S/C16H14BrN3O3/c1-9-4-10(2)20(19-9)16(22)12(8-18)5-11-6-13(17)15(21)14(7-11)23-3/h4-7,21H,1-3H3/b12-5+. The van der Waals surface area contributed by atoms with Gasteiger partial charge in [-0.3, -0.25) is 4.79 Å². The number of aromatic nitrogens is 2. The maximum Gasteiger partial charge on any atom is 0.289 e. The number of carbonyl (C=O) groups excluding carboxylic acids is 1. The van der Waals surface area contributed by atoms with Crippen molar-refractivity contribution >= 4 is 27.9 Å². The second-order valence-electron chi connectivity index (χ2n) is 4.87. The molecule has 1 heterocycles. The third-order valence-corrected chi connectivity index (χ3v) is 3.74. The molecular weight excluding hydrogens is 362 g/mol. The molecule has 1 aromatic carbocycles. The minimum atomic E-state index is -0.513. The molecule has 7 heteroatoms. The number of aryl methyl sites for hydroxylation is 2. The van der Waals surface area contributed by atoms with Crippen LogP contribution in [0.25, 0.3) is 6.08 Å². The zero-order valence-corrected chi connectivity index (χ0v) is 14.4. The van der Waals surface area contributed by atoms with Crippen LogP contribution in [0.4, 0.5) is 0 Å². The molecule has 0 radical (unpaired) electrons. The fourth-order valence-corrected chi connectivity index (χ4v) is 2.55. The van der Waals surface area contributed by atoms with Gasteiger partial charge in [-0.2, -0.15) is 10.4 Å². The van der Waals surface area contributed by atoms with Crippen molar-refractivity contribution in [2.75, 3.05) is 7.11 Å². The van der Waals surface area contributed by atoms with Gasteiger partial charge in [-0.05, 0) is 59.6 Å². The van der Waals surface area contributed by atoms with Gasteiger partial charge in [0.05, 0.1) is 17.3 Å². The van der Waals surface area contributed by atoms with Crippen LogP contribution in [0.2, 0.25) is 0 Å². The lowest BCUT2D eigenvalue weighted by molar-refractivity contribution is 0.0943. The molecule has 0 aliphatic heterocycles. The Morgan fingerprint density at radius 2 is 2.13 bits per heavy atom. The lowest BCUT2D eigenvalue weighted by Gasteiger charge is -2.07. The van der Waals surface area contributed by atoms with E-state index in [4.69, 9.17) is 4.74 Å². The van der Waals surface area contributed by atoms with Gasteiger partial charge in [-0.1, -0.05) is 0 Å². The quantitative estimate of drug-likeness (QED) is 0.657. The number of halogens is 1. The first kappa shape index (κ1) is 16.8. The molecule has 118 valence electrons. The lowest BCUT2D eigenvalue weighted by atomic mass is 10.1. The largest absolute Gasteiger partial charge is 0.503 e. The first-order chi connectivity index (χ1) is 10.9. The molecule has 0 unspecified atom stereocenters. The molecule has 6 nitrogen and oxygen atoms in total. The maximum absolute atomic E-state index is 12.4. The summed E-state index contributed by atoms with van der Waals surface area (Å²) >= 11 is 3.20. The number of phenols is 1. The zero-order valence-electron chi connectivity index (χ0n) is 12.8. The third kappa shape index (κ3) is 3.43. The van der Waals surface area contributed by atoms with Crippen molar-refractivity contribution in [3.05, 3.63) is 45.2 Å². The van der Waals surface area contributed by atoms with Crippen molar-refractivity contribution < 1.29 is 14.6 Å². The normalized spacial score (nSPS) is 11.2. The SMILES string of the molecule is COc1cc(/C=C(\C#N)C(=O)n2nc(C)cc2C)cc(Br)c1O. The Morgan fingerprint density at radius 3 is 2.65 bits per heavy atom. The van der Waals surface area contributed by atoms with Crippen LogP contribution in [0.3, 0.4) is 0 Å². The molecule has 0 bridgehead atoms. The van der Waals surface area contributed by atoms with Crippen LogP contribution in [0.1, 0.15) is 21.7 Å². The second-order valence-corrected chi connectivity index (χ2v) is 5.72. The summed E-state index contributed by atoms with van der Waals surface area (Å²) in [4.78, 5) is 12.4. The number of allylic oxidation sites excluding steroid dienone is 1. The molecule has 2 aromatic rings. The van der Waals surface area contributed by atoms with E-state index < -0.39 is 5.91 Å². The van der Waals surface area contributed by atoms with E-state index in [2.05, 4.69) is 21.0 Å². The molecule has 2 rings (SSSR count). The highest BCUT2D eigenvalue weighted by Crippen LogP contribution is 2.35. The number of aromatic hydroxyl groups is 1. The van der Waals surface area contributed by atoms with Crippen LogP contribution < -0.4 is 4.74 Å². The Hall–Kier alpha value is -2.59. The van der Waals surface area contributed by atoms with Crippen molar-refractivity contribution in [1.82, 2.24) is 9.78 Å². The number of benzene rings is 1. The summed E-state index contributed by atoms with van der Waals surface area (Å²) in [5, 5.41) is 23.2. The van der Waals surface area contributed by atoms with Gasteiger partial charge in [0.2, 0.25) is 0 Å². The van der Waals surface area contributed by atoms with Crippen molar-refractivity contribution in [2.45, 2.75) is 13.8 Å².